The van der Waals surface area contributed by atoms with Gasteiger partial charge in [-0.2, -0.15) is 0 Å². The van der Waals surface area contributed by atoms with Crippen molar-refractivity contribution in [1.82, 2.24) is 10.9 Å². The molecule has 0 atom stereocenters. The molecule has 0 fully saturated rings. The van der Waals surface area contributed by atoms with E-state index in [9.17, 15) is 9.59 Å². The fourth-order valence-corrected chi connectivity index (χ4v) is 5.88. The first-order valence-corrected chi connectivity index (χ1v) is 11.3. The highest BCUT2D eigenvalue weighted by atomic mass is 32.1. The summed E-state index contributed by atoms with van der Waals surface area (Å²) in [5.74, 6) is -0.645. The van der Waals surface area contributed by atoms with Crippen molar-refractivity contribution in [3.8, 4) is 0 Å². The van der Waals surface area contributed by atoms with E-state index in [2.05, 4.69) is 16.2 Å². The molecule has 0 bridgehead atoms. The molecule has 0 spiro atoms. The molecule has 1 aromatic carbocycles. The molecule has 0 aliphatic heterocycles. The molecular weight excluding hydrogens is 426 g/mol. The molecule has 0 radical (unpaired) electrons. The highest BCUT2D eigenvalue weighted by molar-refractivity contribution is 7.80. The summed E-state index contributed by atoms with van der Waals surface area (Å²) in [7, 11) is 1.38. The number of thiocarbonyl (C=S) groups is 1. The minimum absolute atomic E-state index is 0.210. The van der Waals surface area contributed by atoms with E-state index in [1.165, 1.54) is 34.7 Å². The number of benzene rings is 1. The lowest BCUT2D eigenvalue weighted by molar-refractivity contribution is 0.0600. The second-order valence-electron chi connectivity index (χ2n) is 6.59. The summed E-state index contributed by atoms with van der Waals surface area (Å²) >= 11 is 8.36. The Kier molecular flexibility index (Phi) is 5.79. The van der Waals surface area contributed by atoms with Crippen LogP contribution in [-0.4, -0.2) is 24.1 Å². The van der Waals surface area contributed by atoms with Gasteiger partial charge in [0, 0.05) is 20.3 Å². The first-order chi connectivity index (χ1) is 14.1. The monoisotopic (exact) mass is 445 g/mol. The number of methoxy groups -OCH3 is 1. The van der Waals surface area contributed by atoms with Gasteiger partial charge in [0.2, 0.25) is 0 Å². The van der Waals surface area contributed by atoms with E-state index in [-0.39, 0.29) is 17.0 Å². The number of rotatable bonds is 3. The molecule has 6 nitrogen and oxygen atoms in total. The van der Waals surface area contributed by atoms with Crippen LogP contribution in [-0.2, 0) is 17.6 Å². The van der Waals surface area contributed by atoms with E-state index in [0.717, 1.165) is 41.3 Å². The first-order valence-electron chi connectivity index (χ1n) is 9.15. The van der Waals surface area contributed by atoms with Crippen LogP contribution in [0.4, 0.5) is 5.00 Å². The molecule has 9 heteroatoms. The number of nitrogens with one attached hydrogen (secondary N) is 3. The topological polar surface area (TPSA) is 79.5 Å². The van der Waals surface area contributed by atoms with Crippen LogP contribution in [0.5, 0.6) is 0 Å². The number of hydrazine groups is 1. The van der Waals surface area contributed by atoms with Gasteiger partial charge in [-0.05, 0) is 49.5 Å². The molecule has 3 N–H and O–H groups in total. The van der Waals surface area contributed by atoms with E-state index < -0.39 is 0 Å². The molecule has 0 saturated carbocycles. The molecule has 2 heterocycles. The third-order valence-electron chi connectivity index (χ3n) is 4.80. The minimum Gasteiger partial charge on any atom is -0.465 e. The fraction of sp³-hybridized carbons (Fsp3) is 0.250. The highest BCUT2D eigenvalue weighted by Gasteiger charge is 2.26. The van der Waals surface area contributed by atoms with Crippen LogP contribution < -0.4 is 16.2 Å². The Hall–Kier alpha value is -2.49. The number of carbonyl (C=O) groups is 2. The lowest BCUT2D eigenvalue weighted by Gasteiger charge is -2.13. The Balaban J connectivity index is 1.45. The maximum atomic E-state index is 12.5. The maximum absolute atomic E-state index is 12.5. The number of fused-ring (bicyclic) bond motifs is 2. The molecule has 150 valence electrons. The predicted molar refractivity (Wildman–Crippen MR) is 121 cm³/mol. The molecule has 4 rings (SSSR count). The van der Waals surface area contributed by atoms with Gasteiger partial charge in [0.05, 0.1) is 18.2 Å². The molecule has 29 heavy (non-hydrogen) atoms. The summed E-state index contributed by atoms with van der Waals surface area (Å²) in [6.45, 7) is 0. The van der Waals surface area contributed by atoms with Gasteiger partial charge in [-0.3, -0.25) is 15.6 Å². The van der Waals surface area contributed by atoms with Crippen molar-refractivity contribution in [1.29, 1.82) is 0 Å². The number of anilines is 1. The standard InChI is InChI=1S/C20H19N3O3S3/c1-26-19(25)16-12-7-3-5-9-15(12)29-18(16)21-20(27)23-22-17(24)13-10-28-14-8-4-2-6-11(13)14/h2,4,6,8,10H,3,5,7,9H2,1H3,(H,22,24)(H2,21,23,27). The Morgan fingerprint density at radius 2 is 1.93 bits per heavy atom. The molecular formula is C20H19N3O3S3. The summed E-state index contributed by atoms with van der Waals surface area (Å²) in [6.07, 6.45) is 3.98. The summed E-state index contributed by atoms with van der Waals surface area (Å²) in [5.41, 5.74) is 7.53. The Bertz CT molecular complexity index is 1100. The van der Waals surface area contributed by atoms with Crippen molar-refractivity contribution >= 4 is 67.0 Å². The first kappa shape index (κ1) is 19.8. The van der Waals surface area contributed by atoms with Crippen LogP contribution in [0.3, 0.4) is 0 Å². The van der Waals surface area contributed by atoms with Crippen molar-refractivity contribution < 1.29 is 14.3 Å². The Morgan fingerprint density at radius 1 is 1.14 bits per heavy atom. The van der Waals surface area contributed by atoms with Crippen LogP contribution in [0.2, 0.25) is 0 Å². The van der Waals surface area contributed by atoms with Crippen LogP contribution in [0.25, 0.3) is 10.1 Å². The molecule has 0 unspecified atom stereocenters. The molecule has 1 aliphatic rings. The largest absolute Gasteiger partial charge is 0.465 e. The zero-order valence-electron chi connectivity index (χ0n) is 15.7. The number of thiophene rings is 2. The van der Waals surface area contributed by atoms with Crippen molar-refractivity contribution in [2.45, 2.75) is 25.7 Å². The number of carbonyl (C=O) groups excluding carboxylic acids is 2. The van der Waals surface area contributed by atoms with E-state index >= 15 is 0 Å². The Labute approximate surface area is 181 Å². The number of esters is 1. The summed E-state index contributed by atoms with van der Waals surface area (Å²) in [4.78, 5) is 26.0. The number of hydrogen-bond acceptors (Lipinski definition) is 6. The van der Waals surface area contributed by atoms with Crippen molar-refractivity contribution in [3.05, 3.63) is 51.2 Å². The van der Waals surface area contributed by atoms with Crippen LogP contribution in [0.1, 0.15) is 44.0 Å². The third-order valence-corrected chi connectivity index (χ3v) is 7.18. The van der Waals surface area contributed by atoms with Gasteiger partial charge in [-0.15, -0.1) is 22.7 Å². The predicted octanol–water partition coefficient (Wildman–Crippen LogP) is 4.26. The second kappa shape index (κ2) is 8.48. The number of hydrogen-bond donors (Lipinski definition) is 3. The van der Waals surface area contributed by atoms with E-state index in [4.69, 9.17) is 17.0 Å². The van der Waals surface area contributed by atoms with E-state index in [1.54, 1.807) is 0 Å². The number of amides is 1. The van der Waals surface area contributed by atoms with Crippen LogP contribution >= 0.6 is 34.9 Å². The number of aryl methyl sites for hydroxylation is 1. The Morgan fingerprint density at radius 3 is 2.76 bits per heavy atom. The average molecular weight is 446 g/mol. The van der Waals surface area contributed by atoms with Crippen LogP contribution in [0.15, 0.2) is 29.6 Å². The lowest BCUT2D eigenvalue weighted by atomic mass is 9.95. The molecule has 2 aromatic heterocycles. The molecule has 3 aromatic rings. The second-order valence-corrected chi connectivity index (χ2v) is 9.01. The van der Waals surface area contributed by atoms with Gasteiger partial charge in [0.1, 0.15) is 5.00 Å². The van der Waals surface area contributed by atoms with Crippen molar-refractivity contribution in [2.75, 3.05) is 12.4 Å². The van der Waals surface area contributed by atoms with E-state index in [1.807, 2.05) is 29.6 Å². The van der Waals surface area contributed by atoms with Gasteiger partial charge in [0.15, 0.2) is 5.11 Å². The molecule has 0 saturated heterocycles. The molecule has 1 amide bonds. The van der Waals surface area contributed by atoms with Crippen molar-refractivity contribution in [2.24, 2.45) is 0 Å². The van der Waals surface area contributed by atoms with Crippen molar-refractivity contribution in [3.63, 3.8) is 0 Å². The average Bonchev–Trinajstić information content (AvgIpc) is 3.32. The lowest BCUT2D eigenvalue weighted by Crippen LogP contribution is -2.43. The van der Waals surface area contributed by atoms with Gasteiger partial charge < -0.3 is 10.1 Å². The minimum atomic E-state index is -0.372. The third kappa shape index (κ3) is 3.98. The van der Waals surface area contributed by atoms with Gasteiger partial charge >= 0.3 is 5.97 Å². The quantitative estimate of drug-likeness (QED) is 0.318. The van der Waals surface area contributed by atoms with Gasteiger partial charge in [-0.1, -0.05) is 18.2 Å². The van der Waals surface area contributed by atoms with Crippen LogP contribution in [0, 0.1) is 0 Å². The normalized spacial score (nSPS) is 12.9. The van der Waals surface area contributed by atoms with Gasteiger partial charge in [0.25, 0.3) is 5.91 Å². The van der Waals surface area contributed by atoms with E-state index in [0.29, 0.717) is 16.1 Å². The smallest absolute Gasteiger partial charge is 0.341 e. The fourth-order valence-electron chi connectivity index (χ4n) is 3.44. The zero-order valence-corrected chi connectivity index (χ0v) is 18.1. The highest BCUT2D eigenvalue weighted by Crippen LogP contribution is 2.38. The zero-order chi connectivity index (χ0) is 20.4. The molecule has 1 aliphatic carbocycles. The summed E-state index contributed by atoms with van der Waals surface area (Å²) < 4.78 is 6.01. The summed E-state index contributed by atoms with van der Waals surface area (Å²) in [5, 5.41) is 6.62. The van der Waals surface area contributed by atoms with Gasteiger partial charge in [-0.25, -0.2) is 4.79 Å². The summed E-state index contributed by atoms with van der Waals surface area (Å²) in [6, 6.07) is 7.73. The SMILES string of the molecule is COC(=O)c1c(NC(=S)NNC(=O)c2csc3ccccc23)sc2c1CCCC2. The number of ether oxygens (including phenoxy) is 1. The maximum Gasteiger partial charge on any atom is 0.341 e.